The summed E-state index contributed by atoms with van der Waals surface area (Å²) in [6, 6.07) is 11.0. The van der Waals surface area contributed by atoms with Crippen LogP contribution in [-0.4, -0.2) is 103 Å². The predicted octanol–water partition coefficient (Wildman–Crippen LogP) is 3.46. The molecule has 65 heavy (non-hydrogen) atoms. The Hall–Kier alpha value is -4.92. The first-order chi connectivity index (χ1) is 30.7. The minimum Gasteiger partial charge on any atom is -0.481 e. The van der Waals surface area contributed by atoms with E-state index in [-0.39, 0.29) is 58.6 Å². The lowest BCUT2D eigenvalue weighted by Crippen LogP contribution is -2.63. The van der Waals surface area contributed by atoms with Crippen molar-refractivity contribution in [2.24, 2.45) is 28.6 Å². The van der Waals surface area contributed by atoms with E-state index in [4.69, 9.17) is 14.0 Å². The number of alkyl halides is 1. The Balaban J connectivity index is 1.08. The molecule has 19 nitrogen and oxygen atoms in total. The molecule has 1 aliphatic heterocycles. The van der Waals surface area contributed by atoms with Crippen LogP contribution in [0.25, 0.3) is 0 Å². The van der Waals surface area contributed by atoms with Gasteiger partial charge in [-0.25, -0.2) is 4.57 Å². The third-order valence-electron chi connectivity index (χ3n) is 13.7. The number of rotatable bonds is 16. The third-order valence-corrected chi connectivity index (χ3v) is 14.7. The highest BCUT2D eigenvalue weighted by Crippen LogP contribution is 2.70. The molecule has 21 heteroatoms. The van der Waals surface area contributed by atoms with Crippen LogP contribution in [0.15, 0.2) is 72.3 Å². The number of hydrogen-bond acceptors (Lipinski definition) is 12. The van der Waals surface area contributed by atoms with Crippen molar-refractivity contribution < 1.29 is 72.1 Å². The molecular formula is C44H50BrN4O15P. The topological polar surface area (TPSA) is 293 Å². The smallest absolute Gasteiger partial charge is 0.470 e. The van der Waals surface area contributed by atoms with E-state index in [1.807, 2.05) is 19.9 Å². The van der Waals surface area contributed by atoms with Crippen molar-refractivity contribution in [3.63, 3.8) is 0 Å². The van der Waals surface area contributed by atoms with Gasteiger partial charge in [-0.3, -0.25) is 38.1 Å². The molecule has 7 rings (SSSR count). The fourth-order valence-electron chi connectivity index (χ4n) is 10.9. The first-order valence-corrected chi connectivity index (χ1v) is 23.7. The highest BCUT2D eigenvalue weighted by atomic mass is 79.9. The van der Waals surface area contributed by atoms with Gasteiger partial charge in [-0.05, 0) is 86.4 Å². The van der Waals surface area contributed by atoms with Gasteiger partial charge in [0.05, 0.1) is 24.1 Å². The molecule has 4 amide bonds. The van der Waals surface area contributed by atoms with Crippen molar-refractivity contribution in [1.29, 1.82) is 0 Å². The minimum absolute atomic E-state index is 0.0481. The number of aliphatic carboxylic acids is 1. The molecule has 0 aromatic heterocycles. The van der Waals surface area contributed by atoms with Crippen molar-refractivity contribution in [1.82, 2.24) is 10.6 Å². The highest BCUT2D eigenvalue weighted by molar-refractivity contribution is 9.09. The number of carboxylic acids is 1. The van der Waals surface area contributed by atoms with E-state index in [1.165, 1.54) is 30.3 Å². The van der Waals surface area contributed by atoms with E-state index in [0.717, 1.165) is 5.57 Å². The van der Waals surface area contributed by atoms with Crippen molar-refractivity contribution in [2.75, 3.05) is 29.1 Å². The van der Waals surface area contributed by atoms with Crippen molar-refractivity contribution in [2.45, 2.75) is 82.5 Å². The van der Waals surface area contributed by atoms with Crippen molar-refractivity contribution in [3.8, 4) is 0 Å². The van der Waals surface area contributed by atoms with Crippen LogP contribution in [0.3, 0.4) is 0 Å². The molecule has 8 N–H and O–H groups in total. The van der Waals surface area contributed by atoms with E-state index in [1.54, 1.807) is 30.3 Å². The number of nitrogens with one attached hydrogen (secondary N) is 4. The van der Waals surface area contributed by atoms with Crippen molar-refractivity contribution in [3.05, 3.63) is 83.5 Å². The highest BCUT2D eigenvalue weighted by Gasteiger charge is 2.76. The Morgan fingerprint density at radius 3 is 2.45 bits per heavy atom. The number of benzene rings is 2. The van der Waals surface area contributed by atoms with Crippen LogP contribution in [-0.2, 0) is 47.3 Å². The maximum atomic E-state index is 14.4. The van der Waals surface area contributed by atoms with Gasteiger partial charge in [0.25, 0.3) is 5.91 Å². The summed E-state index contributed by atoms with van der Waals surface area (Å²) in [6.45, 7) is 2.42. The normalized spacial score (nSPS) is 30.4. The molecule has 0 spiro atoms. The lowest BCUT2D eigenvalue weighted by Gasteiger charge is -2.59. The van der Waals surface area contributed by atoms with Gasteiger partial charge in [0.1, 0.15) is 12.6 Å². The van der Waals surface area contributed by atoms with Crippen LogP contribution in [0.4, 0.5) is 11.4 Å². The second-order valence-corrected chi connectivity index (χ2v) is 19.4. The summed E-state index contributed by atoms with van der Waals surface area (Å²) in [7, 11) is -5.10. The number of aliphatic hydroxyl groups is 1. The number of ether oxygens (including phenoxy) is 2. The molecule has 0 radical (unpaired) electrons. The fourth-order valence-corrected chi connectivity index (χ4v) is 11.4. The van der Waals surface area contributed by atoms with Crippen LogP contribution < -0.4 is 21.3 Å². The Kier molecular flexibility index (Phi) is 13.9. The molecule has 0 unspecified atom stereocenters. The summed E-state index contributed by atoms with van der Waals surface area (Å²) >= 11 is 2.96. The number of ketones is 2. The second kappa shape index (κ2) is 18.8. The van der Waals surface area contributed by atoms with Crippen molar-refractivity contribution >= 4 is 76.3 Å². The van der Waals surface area contributed by atoms with Gasteiger partial charge in [-0.2, -0.15) is 0 Å². The molecule has 0 bridgehead atoms. The van der Waals surface area contributed by atoms with Gasteiger partial charge in [0.2, 0.25) is 17.7 Å². The Bertz CT molecular complexity index is 2410. The molecule has 4 fully saturated rings. The molecule has 10 atom stereocenters. The zero-order valence-electron chi connectivity index (χ0n) is 35.4. The number of anilines is 2. The Labute approximate surface area is 381 Å². The molecule has 1 saturated heterocycles. The number of carbonyl (C=O) groups excluding carboxylic acids is 6. The summed E-state index contributed by atoms with van der Waals surface area (Å²) in [6.07, 6.45) is 2.86. The lowest BCUT2D eigenvalue weighted by atomic mass is 9.46. The number of halogens is 1. The molecule has 4 aliphatic carbocycles. The van der Waals surface area contributed by atoms with E-state index in [9.17, 15) is 58.1 Å². The maximum Gasteiger partial charge on any atom is 0.470 e. The molecule has 348 valence electrons. The number of carbonyl (C=O) groups is 7. The molecule has 2 aromatic carbocycles. The SMILES string of the molecule is C[C@]12C=CC(=O)C=C1CC[C@@H]1[C@@H]2[C@@H](O)C[C@@]2(C)[C@H]1C[C@H]1O[C@@H](c3cccc(C(=O)Nc4cccc(NC(=O)[C@H](CCC(=O)O)NC(=O)CNC(=O)CBr)c4)c3)O[C@]12C(=O)COP(=O)(O)O. The van der Waals surface area contributed by atoms with Gasteiger partial charge in [0, 0.05) is 45.7 Å². The fraction of sp³-hybridized carbons (Fsp3) is 0.477. The molecule has 3 saturated carbocycles. The predicted molar refractivity (Wildman–Crippen MR) is 233 cm³/mol. The van der Waals surface area contributed by atoms with Crippen LogP contribution in [0.1, 0.15) is 74.6 Å². The number of Topliss-reactive ketones (excluding diaryl/α,β-unsaturated/α-hetero) is 1. The number of fused-ring (bicyclic) bond motifs is 7. The number of phosphoric acid groups is 1. The number of aliphatic hydroxyl groups excluding tert-OH is 1. The summed E-state index contributed by atoms with van der Waals surface area (Å²) in [4.78, 5) is 108. The largest absolute Gasteiger partial charge is 0.481 e. The van der Waals surface area contributed by atoms with E-state index in [2.05, 4.69) is 37.2 Å². The molecule has 5 aliphatic rings. The lowest BCUT2D eigenvalue weighted by molar-refractivity contribution is -0.200. The maximum absolute atomic E-state index is 14.4. The summed E-state index contributed by atoms with van der Waals surface area (Å²) in [5, 5.41) is 31.3. The quantitative estimate of drug-likeness (QED) is 0.0883. The summed E-state index contributed by atoms with van der Waals surface area (Å²) in [5.41, 5.74) is -1.62. The average Bonchev–Trinajstić information content (AvgIpc) is 3.76. The number of amides is 4. The van der Waals surface area contributed by atoms with E-state index >= 15 is 0 Å². The summed E-state index contributed by atoms with van der Waals surface area (Å²) in [5.74, 6) is -5.23. The molecule has 1 heterocycles. The van der Waals surface area contributed by atoms with Crippen LogP contribution in [0.2, 0.25) is 0 Å². The summed E-state index contributed by atoms with van der Waals surface area (Å²) < 4.78 is 29.9. The average molecular weight is 986 g/mol. The van der Waals surface area contributed by atoms with Gasteiger partial charge in [0.15, 0.2) is 23.5 Å². The standard InChI is InChI=1S/C44H50BrN4O15P/c1-42-14-13-28(50)16-25(42)9-10-29-30-18-34-44(33(52)22-62-65(59,60)61,43(30,2)19-32(51)38(29)42)64-41(63-34)24-6-3-5-23(15-24)39(57)47-26-7-4-8-27(17-26)48-40(58)31(11-12-37(55)56)49-36(54)21-46-35(53)20-45/h3-8,13-17,29-32,34,38,41,51H,9-12,18-22H2,1-2H3,(H,46,53)(H,47,57)(H,48,58)(H,49,54)(H,55,56)(H2,59,60,61)/t29-,30-,31-,32-,34+,38+,41+,42-,43-,44+/m0/s1. The zero-order valence-corrected chi connectivity index (χ0v) is 37.8. The molecule has 2 aromatic rings. The Morgan fingerprint density at radius 1 is 1.02 bits per heavy atom. The van der Waals surface area contributed by atoms with Crippen LogP contribution in [0, 0.1) is 28.6 Å². The number of allylic oxidation sites excluding steroid dienone is 4. The van der Waals surface area contributed by atoms with E-state index < -0.39 is 104 Å². The third kappa shape index (κ3) is 9.67. The number of hydrogen-bond donors (Lipinski definition) is 8. The van der Waals surface area contributed by atoms with Gasteiger partial charge >= 0.3 is 13.8 Å². The van der Waals surface area contributed by atoms with Gasteiger partial charge in [-0.1, -0.05) is 59.6 Å². The zero-order chi connectivity index (χ0) is 47.1. The first-order valence-electron chi connectivity index (χ1n) is 21.0. The van der Waals surface area contributed by atoms with Gasteiger partial charge in [-0.15, -0.1) is 0 Å². The molecular weight excluding hydrogens is 935 g/mol. The Morgan fingerprint density at radius 2 is 1.74 bits per heavy atom. The number of phosphoric ester groups is 1. The van der Waals surface area contributed by atoms with Gasteiger partial charge < -0.3 is 50.7 Å². The van der Waals surface area contributed by atoms with E-state index in [0.29, 0.717) is 24.8 Å². The van der Waals surface area contributed by atoms with Crippen LogP contribution in [0.5, 0.6) is 0 Å². The monoisotopic (exact) mass is 984 g/mol. The number of carboxylic acid groups (broad SMARTS) is 1. The van der Waals surface area contributed by atoms with Crippen LogP contribution >= 0.6 is 23.8 Å². The first kappa shape index (κ1) is 48.0. The second-order valence-electron chi connectivity index (χ2n) is 17.6. The minimum atomic E-state index is -5.10.